The predicted molar refractivity (Wildman–Crippen MR) is 60.5 cm³/mol. The van der Waals surface area contributed by atoms with Crippen LogP contribution in [-0.2, 0) is 6.42 Å². The van der Waals surface area contributed by atoms with Crippen molar-refractivity contribution >= 4 is 21.7 Å². The fraction of sp³-hybridized carbons (Fsp3) is 0.222. The van der Waals surface area contributed by atoms with Gasteiger partial charge in [-0.2, -0.15) is 5.10 Å². The van der Waals surface area contributed by atoms with Crippen LogP contribution in [0.5, 0.6) is 0 Å². The largest absolute Gasteiger partial charge is 0.369 e. The molecule has 0 aliphatic rings. The number of halogens is 1. The predicted octanol–water partition coefficient (Wildman–Crippen LogP) is 1.62. The Morgan fingerprint density at radius 2 is 2.33 bits per heavy atom. The Balaban J connectivity index is 1.86. The van der Waals surface area contributed by atoms with Crippen LogP contribution in [0.25, 0.3) is 0 Å². The van der Waals surface area contributed by atoms with Crippen molar-refractivity contribution in [1.82, 2.24) is 20.2 Å². The summed E-state index contributed by atoms with van der Waals surface area (Å²) in [5, 5.41) is 9.79. The fourth-order valence-corrected chi connectivity index (χ4v) is 1.56. The maximum Gasteiger partial charge on any atom is 0.140 e. The van der Waals surface area contributed by atoms with Gasteiger partial charge in [0, 0.05) is 19.2 Å². The van der Waals surface area contributed by atoms with Gasteiger partial charge in [0.1, 0.15) is 18.0 Å². The first-order valence-corrected chi connectivity index (χ1v) is 5.34. The highest BCUT2D eigenvalue weighted by Crippen LogP contribution is 2.17. The van der Waals surface area contributed by atoms with Crippen LogP contribution in [0.1, 0.15) is 5.82 Å². The molecule has 0 aromatic carbocycles. The van der Waals surface area contributed by atoms with Crippen LogP contribution in [0, 0.1) is 0 Å². The average molecular weight is 268 g/mol. The second-order valence-corrected chi connectivity index (χ2v) is 3.80. The van der Waals surface area contributed by atoms with Crippen molar-refractivity contribution in [3.8, 4) is 0 Å². The topological polar surface area (TPSA) is 66.5 Å². The Morgan fingerprint density at radius 1 is 1.40 bits per heavy atom. The van der Waals surface area contributed by atoms with E-state index in [-0.39, 0.29) is 0 Å². The van der Waals surface area contributed by atoms with E-state index in [1.807, 2.05) is 12.1 Å². The minimum atomic E-state index is 0.769. The number of rotatable bonds is 4. The van der Waals surface area contributed by atoms with Crippen molar-refractivity contribution in [2.24, 2.45) is 0 Å². The van der Waals surface area contributed by atoms with Gasteiger partial charge >= 0.3 is 0 Å². The quantitative estimate of drug-likeness (QED) is 0.884. The SMILES string of the molecule is Brc1cccnc1NCCc1ncn[nH]1. The number of aromatic nitrogens is 4. The minimum Gasteiger partial charge on any atom is -0.369 e. The Bertz CT molecular complexity index is 414. The number of anilines is 1. The summed E-state index contributed by atoms with van der Waals surface area (Å²) < 4.78 is 0.961. The Labute approximate surface area is 95.5 Å². The zero-order valence-corrected chi connectivity index (χ0v) is 9.53. The number of hydrogen-bond donors (Lipinski definition) is 2. The summed E-state index contributed by atoms with van der Waals surface area (Å²) in [6.45, 7) is 0.769. The molecule has 0 amide bonds. The first-order chi connectivity index (χ1) is 7.36. The van der Waals surface area contributed by atoms with Gasteiger partial charge in [0.2, 0.25) is 0 Å². The summed E-state index contributed by atoms with van der Waals surface area (Å²) in [5.41, 5.74) is 0. The molecule has 2 aromatic rings. The van der Waals surface area contributed by atoms with E-state index in [9.17, 15) is 0 Å². The van der Waals surface area contributed by atoms with Crippen LogP contribution in [0.4, 0.5) is 5.82 Å². The van der Waals surface area contributed by atoms with Crippen LogP contribution >= 0.6 is 15.9 Å². The van der Waals surface area contributed by atoms with Gasteiger partial charge in [-0.15, -0.1) is 0 Å². The van der Waals surface area contributed by atoms with Gasteiger partial charge < -0.3 is 5.32 Å². The van der Waals surface area contributed by atoms with Gasteiger partial charge in [-0.1, -0.05) is 0 Å². The van der Waals surface area contributed by atoms with E-state index in [4.69, 9.17) is 0 Å². The lowest BCUT2D eigenvalue weighted by Gasteiger charge is -2.05. The summed E-state index contributed by atoms with van der Waals surface area (Å²) in [4.78, 5) is 8.22. The molecule has 6 heteroatoms. The highest BCUT2D eigenvalue weighted by molar-refractivity contribution is 9.10. The zero-order chi connectivity index (χ0) is 10.5. The molecule has 0 fully saturated rings. The van der Waals surface area contributed by atoms with Crippen molar-refractivity contribution < 1.29 is 0 Å². The molecule has 2 rings (SSSR count). The van der Waals surface area contributed by atoms with Crippen molar-refractivity contribution in [3.63, 3.8) is 0 Å². The van der Waals surface area contributed by atoms with Crippen LogP contribution in [0.15, 0.2) is 29.1 Å². The molecule has 5 nitrogen and oxygen atoms in total. The van der Waals surface area contributed by atoms with Crippen molar-refractivity contribution in [2.75, 3.05) is 11.9 Å². The van der Waals surface area contributed by atoms with Crippen molar-refractivity contribution in [2.45, 2.75) is 6.42 Å². The molecule has 0 atom stereocenters. The molecule has 2 heterocycles. The minimum absolute atomic E-state index is 0.769. The summed E-state index contributed by atoms with van der Waals surface area (Å²) in [6, 6.07) is 3.83. The average Bonchev–Trinajstić information content (AvgIpc) is 2.74. The van der Waals surface area contributed by atoms with Crippen molar-refractivity contribution in [3.05, 3.63) is 35.0 Å². The summed E-state index contributed by atoms with van der Waals surface area (Å²) in [5.74, 6) is 1.71. The first-order valence-electron chi connectivity index (χ1n) is 4.55. The molecule has 0 unspecified atom stereocenters. The van der Waals surface area contributed by atoms with Crippen molar-refractivity contribution in [1.29, 1.82) is 0 Å². The molecule has 0 radical (unpaired) electrons. The Hall–Kier alpha value is -1.43. The molecular formula is C9H10BrN5. The second kappa shape index (κ2) is 4.88. The molecule has 0 spiro atoms. The highest BCUT2D eigenvalue weighted by Gasteiger charge is 1.99. The first kappa shape index (κ1) is 10.1. The van der Waals surface area contributed by atoms with E-state index >= 15 is 0 Å². The van der Waals surface area contributed by atoms with Gasteiger partial charge in [0.15, 0.2) is 0 Å². The molecule has 0 bridgehead atoms. The summed E-state index contributed by atoms with van der Waals surface area (Å²) in [7, 11) is 0. The summed E-state index contributed by atoms with van der Waals surface area (Å²) in [6.07, 6.45) is 4.05. The Morgan fingerprint density at radius 3 is 3.07 bits per heavy atom. The van der Waals surface area contributed by atoms with Gasteiger partial charge in [0.05, 0.1) is 4.47 Å². The van der Waals surface area contributed by atoms with Crippen LogP contribution in [0.3, 0.4) is 0 Å². The highest BCUT2D eigenvalue weighted by atomic mass is 79.9. The third-order valence-corrected chi connectivity index (χ3v) is 2.52. The number of hydrogen-bond acceptors (Lipinski definition) is 4. The number of H-pyrrole nitrogens is 1. The normalized spacial score (nSPS) is 10.2. The van der Waals surface area contributed by atoms with Gasteiger partial charge in [0.25, 0.3) is 0 Å². The fourth-order valence-electron chi connectivity index (χ4n) is 1.17. The van der Waals surface area contributed by atoms with Crippen LogP contribution < -0.4 is 5.32 Å². The van der Waals surface area contributed by atoms with E-state index in [1.165, 1.54) is 6.33 Å². The molecule has 15 heavy (non-hydrogen) atoms. The molecule has 0 saturated heterocycles. The smallest absolute Gasteiger partial charge is 0.140 e. The standard InChI is InChI=1S/C9H10BrN5/c10-7-2-1-4-11-9(7)12-5-3-8-13-6-14-15-8/h1-2,4,6H,3,5H2,(H,11,12)(H,13,14,15). The van der Waals surface area contributed by atoms with Crippen LogP contribution in [-0.4, -0.2) is 26.7 Å². The van der Waals surface area contributed by atoms with Gasteiger partial charge in [-0.25, -0.2) is 9.97 Å². The second-order valence-electron chi connectivity index (χ2n) is 2.94. The zero-order valence-electron chi connectivity index (χ0n) is 7.94. The molecule has 0 aliphatic carbocycles. The molecule has 78 valence electrons. The van der Waals surface area contributed by atoms with E-state index in [0.717, 1.165) is 29.1 Å². The lowest BCUT2D eigenvalue weighted by atomic mass is 10.4. The lowest BCUT2D eigenvalue weighted by molar-refractivity contribution is 0.896. The Kier molecular flexibility index (Phi) is 3.29. The van der Waals surface area contributed by atoms with E-state index in [2.05, 4.69) is 41.4 Å². The lowest BCUT2D eigenvalue weighted by Crippen LogP contribution is -2.07. The third kappa shape index (κ3) is 2.76. The monoisotopic (exact) mass is 267 g/mol. The molecular weight excluding hydrogens is 258 g/mol. The van der Waals surface area contributed by atoms with Gasteiger partial charge in [-0.05, 0) is 28.1 Å². The molecule has 0 saturated carbocycles. The number of nitrogens with zero attached hydrogens (tertiary/aromatic N) is 3. The number of aromatic amines is 1. The maximum absolute atomic E-state index is 4.19. The number of nitrogens with one attached hydrogen (secondary N) is 2. The van der Waals surface area contributed by atoms with Gasteiger partial charge in [-0.3, -0.25) is 5.10 Å². The van der Waals surface area contributed by atoms with E-state index in [1.54, 1.807) is 6.20 Å². The van der Waals surface area contributed by atoms with Crippen LogP contribution in [0.2, 0.25) is 0 Å². The molecule has 2 aromatic heterocycles. The van der Waals surface area contributed by atoms with E-state index < -0.39 is 0 Å². The molecule has 0 aliphatic heterocycles. The van der Waals surface area contributed by atoms with E-state index in [0.29, 0.717) is 0 Å². The third-order valence-electron chi connectivity index (χ3n) is 1.88. The summed E-state index contributed by atoms with van der Waals surface area (Å²) >= 11 is 3.41. The maximum atomic E-state index is 4.19. The number of pyridine rings is 1. The molecule has 2 N–H and O–H groups in total.